The Labute approximate surface area is 237 Å². The fraction of sp³-hybridized carbons (Fsp3) is 0.154. The molecule has 1 fully saturated rings. The third-order valence-corrected chi connectivity index (χ3v) is 6.43. The van der Waals surface area contributed by atoms with Crippen molar-refractivity contribution in [1.29, 1.82) is 0 Å². The van der Waals surface area contributed by atoms with Crippen molar-refractivity contribution >= 4 is 46.4 Å². The third-order valence-electron chi connectivity index (χ3n) is 6.02. The molecule has 0 unspecified atom stereocenters. The van der Waals surface area contributed by atoms with E-state index in [0.29, 0.717) is 16.4 Å². The summed E-state index contributed by atoms with van der Waals surface area (Å²) in [5.41, 5.74) is 7.03. The van der Waals surface area contributed by atoms with Gasteiger partial charge in [0.15, 0.2) is 18.6 Å². The summed E-state index contributed by atoms with van der Waals surface area (Å²) in [6, 6.07) is 17.2. The first-order chi connectivity index (χ1) is 19.3. The Morgan fingerprint density at radius 2 is 1.82 bits per heavy atom. The highest BCUT2D eigenvalue weighted by molar-refractivity contribution is 6.31. The van der Waals surface area contributed by atoms with E-state index in [2.05, 4.69) is 15.6 Å². The standard InChI is InChI=1S/C26H22Cl2FN7O4/c27-17-6-9-21(34-13-24(28)32-33-34)22(11-17)35-14-40-36(15-39-35)23(10-16-4-2-1-3-5-16)26(38)31-18-7-8-19(25(30)37)20(29)12-18/h1-9,11-13,23H,10,14-15H2,(H2,30,37)(H,31,38)/t23-/m1/s1. The zero-order chi connectivity index (χ0) is 28.2. The molecule has 3 aromatic carbocycles. The zero-order valence-electron chi connectivity index (χ0n) is 20.7. The van der Waals surface area contributed by atoms with Crippen LogP contribution >= 0.6 is 23.2 Å². The van der Waals surface area contributed by atoms with E-state index in [1.807, 2.05) is 30.3 Å². The second-order valence-electron chi connectivity index (χ2n) is 8.68. The first-order valence-electron chi connectivity index (χ1n) is 11.9. The average molecular weight is 586 g/mol. The quantitative estimate of drug-likeness (QED) is 0.318. The lowest BCUT2D eigenvalue weighted by molar-refractivity contribution is -0.279. The van der Waals surface area contributed by atoms with Crippen LogP contribution in [0.2, 0.25) is 10.2 Å². The molecular weight excluding hydrogens is 564 g/mol. The highest BCUT2D eigenvalue weighted by Crippen LogP contribution is 2.30. The van der Waals surface area contributed by atoms with Crippen LogP contribution < -0.4 is 16.1 Å². The Hall–Kier alpha value is -4.07. The summed E-state index contributed by atoms with van der Waals surface area (Å²) in [6.45, 7) is -0.236. The van der Waals surface area contributed by atoms with Crippen LogP contribution in [0.15, 0.2) is 72.9 Å². The number of rotatable bonds is 8. The van der Waals surface area contributed by atoms with Gasteiger partial charge in [0.25, 0.3) is 5.91 Å². The highest BCUT2D eigenvalue weighted by Gasteiger charge is 2.33. The average Bonchev–Trinajstić information content (AvgIpc) is 3.38. The van der Waals surface area contributed by atoms with Gasteiger partial charge in [0, 0.05) is 10.7 Å². The minimum atomic E-state index is -0.907. The molecule has 4 aromatic rings. The molecule has 1 aliphatic rings. The number of hydrogen-bond acceptors (Lipinski definition) is 8. The third kappa shape index (κ3) is 6.22. The number of benzene rings is 3. The molecule has 11 nitrogen and oxygen atoms in total. The molecule has 1 atom stereocenters. The fourth-order valence-electron chi connectivity index (χ4n) is 4.08. The van der Waals surface area contributed by atoms with Gasteiger partial charge < -0.3 is 11.1 Å². The van der Waals surface area contributed by atoms with Crippen molar-refractivity contribution in [2.45, 2.75) is 12.5 Å². The number of nitrogens with two attached hydrogens (primary N) is 1. The number of amides is 2. The highest BCUT2D eigenvalue weighted by atomic mass is 35.5. The van der Waals surface area contributed by atoms with Gasteiger partial charge in [-0.05, 0) is 48.4 Å². The van der Waals surface area contributed by atoms with Crippen molar-refractivity contribution < 1.29 is 23.7 Å². The van der Waals surface area contributed by atoms with E-state index in [0.717, 1.165) is 11.6 Å². The number of carbonyl (C=O) groups is 2. The lowest BCUT2D eigenvalue weighted by Gasteiger charge is -2.38. The minimum Gasteiger partial charge on any atom is -0.366 e. The van der Waals surface area contributed by atoms with Crippen molar-refractivity contribution in [3.8, 4) is 5.69 Å². The number of hydroxylamine groups is 3. The topological polar surface area (TPSA) is 128 Å². The molecule has 5 rings (SSSR count). The van der Waals surface area contributed by atoms with Gasteiger partial charge in [-0.3, -0.25) is 19.3 Å². The predicted octanol–water partition coefficient (Wildman–Crippen LogP) is 3.96. The molecule has 2 amide bonds. The molecule has 40 heavy (non-hydrogen) atoms. The van der Waals surface area contributed by atoms with E-state index in [-0.39, 0.29) is 36.3 Å². The number of nitrogens with zero attached hydrogens (tertiary/aromatic N) is 5. The van der Waals surface area contributed by atoms with Crippen LogP contribution in [0.1, 0.15) is 15.9 Å². The summed E-state index contributed by atoms with van der Waals surface area (Å²) in [5, 5.41) is 14.0. The van der Waals surface area contributed by atoms with E-state index in [9.17, 15) is 14.0 Å². The van der Waals surface area contributed by atoms with Crippen molar-refractivity contribution in [2.24, 2.45) is 5.73 Å². The van der Waals surface area contributed by atoms with Crippen molar-refractivity contribution in [1.82, 2.24) is 20.1 Å². The van der Waals surface area contributed by atoms with Crippen LogP contribution in [0.5, 0.6) is 0 Å². The first kappa shape index (κ1) is 27.5. The number of halogens is 3. The maximum absolute atomic E-state index is 14.3. The summed E-state index contributed by atoms with van der Waals surface area (Å²) in [7, 11) is 0. The van der Waals surface area contributed by atoms with Gasteiger partial charge in [0.1, 0.15) is 11.9 Å². The van der Waals surface area contributed by atoms with Crippen LogP contribution in [0, 0.1) is 5.82 Å². The first-order valence-corrected chi connectivity index (χ1v) is 12.7. The van der Waals surface area contributed by atoms with E-state index < -0.39 is 23.7 Å². The van der Waals surface area contributed by atoms with Crippen LogP contribution in [-0.4, -0.2) is 51.4 Å². The lowest BCUT2D eigenvalue weighted by Crippen LogP contribution is -2.52. The molecule has 0 saturated carbocycles. The summed E-state index contributed by atoms with van der Waals surface area (Å²) in [5.74, 6) is -2.23. The summed E-state index contributed by atoms with van der Waals surface area (Å²) < 4.78 is 15.8. The van der Waals surface area contributed by atoms with Gasteiger partial charge in [-0.1, -0.05) is 58.7 Å². The molecule has 0 spiro atoms. The van der Waals surface area contributed by atoms with Gasteiger partial charge in [-0.25, -0.2) is 14.1 Å². The van der Waals surface area contributed by atoms with Crippen molar-refractivity contribution in [2.75, 3.05) is 23.8 Å². The Kier molecular flexibility index (Phi) is 8.24. The Morgan fingerprint density at radius 3 is 2.48 bits per heavy atom. The molecule has 0 radical (unpaired) electrons. The molecule has 1 saturated heterocycles. The number of carbonyl (C=O) groups excluding carboxylic acids is 2. The monoisotopic (exact) mass is 585 g/mol. The maximum atomic E-state index is 14.3. The van der Waals surface area contributed by atoms with Gasteiger partial charge in [-0.2, -0.15) is 0 Å². The van der Waals surface area contributed by atoms with Gasteiger partial charge >= 0.3 is 0 Å². The van der Waals surface area contributed by atoms with Crippen LogP contribution in [0.4, 0.5) is 15.8 Å². The predicted molar refractivity (Wildman–Crippen MR) is 145 cm³/mol. The lowest BCUT2D eigenvalue weighted by atomic mass is 10.0. The molecule has 0 bridgehead atoms. The van der Waals surface area contributed by atoms with Gasteiger partial charge in [0.2, 0.25) is 5.91 Å². The Balaban J connectivity index is 1.35. The zero-order valence-corrected chi connectivity index (χ0v) is 22.2. The largest absolute Gasteiger partial charge is 0.366 e. The minimum absolute atomic E-state index is 0.101. The second-order valence-corrected chi connectivity index (χ2v) is 9.51. The molecule has 14 heteroatoms. The van der Waals surface area contributed by atoms with Crippen molar-refractivity contribution in [3.63, 3.8) is 0 Å². The fourth-order valence-corrected chi connectivity index (χ4v) is 4.37. The van der Waals surface area contributed by atoms with Gasteiger partial charge in [0.05, 0.1) is 23.1 Å². The summed E-state index contributed by atoms with van der Waals surface area (Å²) in [6.07, 6.45) is 1.79. The summed E-state index contributed by atoms with van der Waals surface area (Å²) in [4.78, 5) is 36.7. The normalized spacial score (nSPS) is 14.6. The number of anilines is 2. The molecule has 206 valence electrons. The number of nitrogens with one attached hydrogen (secondary N) is 1. The Bertz CT molecular complexity index is 1530. The maximum Gasteiger partial charge on any atom is 0.251 e. The van der Waals surface area contributed by atoms with Crippen LogP contribution in [0.25, 0.3) is 5.69 Å². The molecular formula is C26H22Cl2FN7O4. The number of primary amides is 1. The smallest absolute Gasteiger partial charge is 0.251 e. The van der Waals surface area contributed by atoms with E-state index in [1.165, 1.54) is 33.1 Å². The van der Waals surface area contributed by atoms with Crippen LogP contribution in [0.3, 0.4) is 0 Å². The summed E-state index contributed by atoms with van der Waals surface area (Å²) >= 11 is 12.2. The SMILES string of the molecule is NC(=O)c1ccc(NC(=O)[C@@H](Cc2ccccc2)N2CON(c3cc(Cl)ccc3-n3cc(Cl)nn3)CO2)cc1F. The molecule has 3 N–H and O–H groups in total. The molecule has 2 heterocycles. The number of hydrogen-bond donors (Lipinski definition) is 2. The van der Waals surface area contributed by atoms with E-state index in [1.54, 1.807) is 18.2 Å². The molecule has 1 aromatic heterocycles. The van der Waals surface area contributed by atoms with Gasteiger partial charge in [-0.15, -0.1) is 10.2 Å². The van der Waals surface area contributed by atoms with Crippen molar-refractivity contribution in [3.05, 3.63) is 100 Å². The van der Waals surface area contributed by atoms with E-state index in [4.69, 9.17) is 38.6 Å². The Morgan fingerprint density at radius 1 is 1.02 bits per heavy atom. The van der Waals surface area contributed by atoms with Crippen LogP contribution in [-0.2, 0) is 20.9 Å². The molecule has 1 aliphatic heterocycles. The molecule has 0 aliphatic carbocycles. The number of aromatic nitrogens is 3. The van der Waals surface area contributed by atoms with E-state index >= 15 is 0 Å². The second kappa shape index (κ2) is 12.0.